The summed E-state index contributed by atoms with van der Waals surface area (Å²) in [5.41, 5.74) is 17.4. The summed E-state index contributed by atoms with van der Waals surface area (Å²) in [6.07, 6.45) is 4.26. The van der Waals surface area contributed by atoms with Crippen LogP contribution in [0.15, 0.2) is 72.8 Å². The second-order valence-electron chi connectivity index (χ2n) is 28.4. The van der Waals surface area contributed by atoms with Crippen molar-refractivity contribution in [1.29, 1.82) is 0 Å². The monoisotopic (exact) mass is 837 g/mol. The van der Waals surface area contributed by atoms with Crippen LogP contribution in [0, 0.1) is 0 Å². The predicted octanol–water partition coefficient (Wildman–Crippen LogP) is 17.9. The van der Waals surface area contributed by atoms with Crippen LogP contribution in [0.3, 0.4) is 0 Å². The molecular formula is C62H92. The van der Waals surface area contributed by atoms with E-state index in [0.29, 0.717) is 0 Å². The van der Waals surface area contributed by atoms with Gasteiger partial charge in [0.25, 0.3) is 0 Å². The first-order chi connectivity index (χ1) is 27.7. The van der Waals surface area contributed by atoms with E-state index in [4.69, 9.17) is 0 Å². The number of benzene rings is 4. The lowest BCUT2D eigenvalue weighted by atomic mass is 9.53. The van der Waals surface area contributed by atoms with Gasteiger partial charge in [-0.1, -0.05) is 239 Å². The zero-order valence-electron chi connectivity index (χ0n) is 44.8. The maximum Gasteiger partial charge on any atom is 0.0204 e. The fraction of sp³-hybridized carbons (Fsp3) is 0.613. The van der Waals surface area contributed by atoms with Crippen LogP contribution in [0.2, 0.25) is 0 Å². The Morgan fingerprint density at radius 3 is 0.419 bits per heavy atom. The molecule has 0 aliphatic heterocycles. The molecule has 0 spiro atoms. The topological polar surface area (TPSA) is 0 Å². The predicted molar refractivity (Wildman–Crippen MR) is 275 cm³/mol. The minimum atomic E-state index is -0.172. The van der Waals surface area contributed by atoms with Crippen molar-refractivity contribution in [2.45, 2.75) is 246 Å². The second-order valence-corrected chi connectivity index (χ2v) is 28.4. The lowest BCUT2D eigenvalue weighted by Crippen LogP contribution is -2.42. The lowest BCUT2D eigenvalue weighted by Gasteiger charge is -2.50. The fourth-order valence-electron chi connectivity index (χ4n) is 9.67. The van der Waals surface area contributed by atoms with E-state index in [9.17, 15) is 0 Å². The van der Waals surface area contributed by atoms with Crippen molar-refractivity contribution in [2.24, 2.45) is 0 Å². The third-order valence-corrected chi connectivity index (χ3v) is 14.8. The van der Waals surface area contributed by atoms with Crippen LogP contribution in [0.25, 0.3) is 0 Å². The molecule has 0 radical (unpaired) electrons. The lowest BCUT2D eigenvalue weighted by molar-refractivity contribution is 0.255. The molecular weight excluding hydrogens is 745 g/mol. The van der Waals surface area contributed by atoms with E-state index in [1.807, 2.05) is 0 Å². The van der Waals surface area contributed by atoms with Crippen molar-refractivity contribution in [2.75, 3.05) is 0 Å². The largest absolute Gasteiger partial charge is 0.0561 e. The Labute approximate surface area is 383 Å². The summed E-state index contributed by atoms with van der Waals surface area (Å²) in [6.45, 7) is 57.6. The van der Waals surface area contributed by atoms with Crippen LogP contribution in [0.5, 0.6) is 0 Å². The molecule has 0 saturated heterocycles. The van der Waals surface area contributed by atoms with Gasteiger partial charge in [0.05, 0.1) is 0 Å². The molecule has 4 aromatic carbocycles. The summed E-state index contributed by atoms with van der Waals surface area (Å²) < 4.78 is 0. The Balaban J connectivity index is 1.97. The minimum absolute atomic E-state index is 0.0208. The van der Waals surface area contributed by atoms with Gasteiger partial charge >= 0.3 is 0 Å². The average molecular weight is 837 g/mol. The molecule has 62 heavy (non-hydrogen) atoms. The third kappa shape index (κ3) is 10.4. The van der Waals surface area contributed by atoms with Gasteiger partial charge in [0, 0.05) is 10.8 Å². The Bertz CT molecular complexity index is 1790. The van der Waals surface area contributed by atoms with E-state index >= 15 is 0 Å². The Hall–Kier alpha value is -3.12. The van der Waals surface area contributed by atoms with Crippen LogP contribution in [-0.2, 0) is 54.1 Å². The molecule has 340 valence electrons. The van der Waals surface area contributed by atoms with E-state index in [-0.39, 0.29) is 54.1 Å². The zero-order valence-corrected chi connectivity index (χ0v) is 44.8. The zero-order chi connectivity index (χ0) is 47.2. The number of hydrogen-bond donors (Lipinski definition) is 0. The van der Waals surface area contributed by atoms with Gasteiger partial charge in [-0.2, -0.15) is 0 Å². The smallest absolute Gasteiger partial charge is 0.0204 e. The van der Waals surface area contributed by atoms with Gasteiger partial charge in [-0.25, -0.2) is 0 Å². The van der Waals surface area contributed by atoms with Gasteiger partial charge in [-0.05, 0) is 136 Å². The van der Waals surface area contributed by atoms with Gasteiger partial charge in [0.15, 0.2) is 0 Å². The van der Waals surface area contributed by atoms with Gasteiger partial charge in [-0.15, -0.1) is 0 Å². The van der Waals surface area contributed by atoms with Crippen LogP contribution >= 0.6 is 0 Å². The molecule has 0 bridgehead atoms. The van der Waals surface area contributed by atoms with E-state index in [1.165, 1.54) is 66.8 Å². The number of rotatable bonds is 4. The van der Waals surface area contributed by atoms with Gasteiger partial charge in [0.1, 0.15) is 0 Å². The Kier molecular flexibility index (Phi) is 12.7. The first kappa shape index (κ1) is 49.9. The highest BCUT2D eigenvalue weighted by atomic mass is 14.5. The molecule has 5 rings (SSSR count). The first-order valence-electron chi connectivity index (χ1n) is 24.3. The van der Waals surface area contributed by atoms with E-state index < -0.39 is 0 Å². The summed E-state index contributed by atoms with van der Waals surface area (Å²) >= 11 is 0. The van der Waals surface area contributed by atoms with Gasteiger partial charge < -0.3 is 0 Å². The van der Waals surface area contributed by atoms with Crippen molar-refractivity contribution in [1.82, 2.24) is 0 Å². The third-order valence-electron chi connectivity index (χ3n) is 14.8. The molecule has 1 saturated carbocycles. The highest BCUT2D eigenvalue weighted by Gasteiger charge is 2.48. The van der Waals surface area contributed by atoms with Gasteiger partial charge in [-0.3, -0.25) is 0 Å². The molecule has 0 heteroatoms. The van der Waals surface area contributed by atoms with Crippen molar-refractivity contribution in [3.8, 4) is 0 Å². The highest BCUT2D eigenvalue weighted by molar-refractivity contribution is 5.54. The van der Waals surface area contributed by atoms with Crippen molar-refractivity contribution < 1.29 is 0 Å². The van der Waals surface area contributed by atoms with E-state index in [2.05, 4.69) is 239 Å². The summed E-state index contributed by atoms with van der Waals surface area (Å²) in [5.74, 6) is 0. The quantitative estimate of drug-likeness (QED) is 0.192. The molecule has 1 aliphatic rings. The summed E-state index contributed by atoms with van der Waals surface area (Å²) in [6, 6.07) is 31.2. The fourth-order valence-corrected chi connectivity index (χ4v) is 9.67. The van der Waals surface area contributed by atoms with Crippen molar-refractivity contribution in [3.05, 3.63) is 140 Å². The van der Waals surface area contributed by atoms with Crippen LogP contribution < -0.4 is 0 Å². The molecule has 0 aromatic heterocycles. The SMILES string of the molecule is CC(C)(C)c1cc(C(C)(C)C)cc(C2(c3cc(C(C)(C)C)cc(C(C)(C)C)c3)CCC(c3cc(C(C)(C)C)cc(C(C)(C)C)c3)(c3cc(C(C)(C)C)cc(C(C)(C)C)c3)CC2)c1. The Morgan fingerprint density at radius 1 is 0.210 bits per heavy atom. The summed E-state index contributed by atoms with van der Waals surface area (Å²) in [4.78, 5) is 0. The normalized spacial score (nSPS) is 17.0. The molecule has 1 fully saturated rings. The van der Waals surface area contributed by atoms with Crippen LogP contribution in [-0.4, -0.2) is 0 Å². The van der Waals surface area contributed by atoms with Crippen LogP contribution in [0.1, 0.15) is 259 Å². The van der Waals surface area contributed by atoms with Crippen molar-refractivity contribution in [3.63, 3.8) is 0 Å². The molecule has 0 amide bonds. The van der Waals surface area contributed by atoms with Gasteiger partial charge in [0.2, 0.25) is 0 Å². The molecule has 0 N–H and O–H groups in total. The maximum absolute atomic E-state index is 2.64. The summed E-state index contributed by atoms with van der Waals surface area (Å²) in [7, 11) is 0. The molecule has 0 nitrogen and oxygen atoms in total. The average Bonchev–Trinajstić information content (AvgIpc) is 3.11. The summed E-state index contributed by atoms with van der Waals surface area (Å²) in [5, 5.41) is 0. The first-order valence-corrected chi connectivity index (χ1v) is 24.3. The maximum atomic E-state index is 2.64. The minimum Gasteiger partial charge on any atom is -0.0561 e. The van der Waals surface area contributed by atoms with Crippen LogP contribution in [0.4, 0.5) is 0 Å². The standard InChI is InChI=1S/C62H92/c1-53(2,3)41-29-42(54(4,5)6)34-49(33-41)61(50-35-43(55(7,8)9)30-44(36-50)56(10,11)12)25-27-62(28-26-61,51-37-45(57(13,14)15)31-46(38-51)58(16,17)18)52-39-47(59(19,20)21)32-48(40-52)60(22,23)24/h29-40H,25-28H2,1-24H3. The molecule has 1 aliphatic carbocycles. The molecule has 0 heterocycles. The molecule has 0 unspecified atom stereocenters. The van der Waals surface area contributed by atoms with E-state index in [1.54, 1.807) is 0 Å². The highest BCUT2D eigenvalue weighted by Crippen LogP contribution is 2.57. The molecule has 0 atom stereocenters. The van der Waals surface area contributed by atoms with Crippen molar-refractivity contribution >= 4 is 0 Å². The Morgan fingerprint density at radius 2 is 0.323 bits per heavy atom. The molecule has 4 aromatic rings. The van der Waals surface area contributed by atoms with E-state index in [0.717, 1.165) is 25.7 Å². The number of hydrogen-bond acceptors (Lipinski definition) is 0. The second kappa shape index (κ2) is 15.8.